The summed E-state index contributed by atoms with van der Waals surface area (Å²) in [6.07, 6.45) is 0. The van der Waals surface area contributed by atoms with Crippen molar-refractivity contribution in [1.82, 2.24) is 0 Å². The van der Waals surface area contributed by atoms with E-state index >= 15 is 0 Å². The predicted molar refractivity (Wildman–Crippen MR) is 184 cm³/mol. The number of rotatable bonds is 5. The minimum atomic E-state index is 1.24. The minimum absolute atomic E-state index is 1.24. The number of hydrogen-bond acceptors (Lipinski definition) is 2. The van der Waals surface area contributed by atoms with E-state index in [2.05, 4.69) is 158 Å². The van der Waals surface area contributed by atoms with Crippen LogP contribution in [-0.4, -0.2) is 0 Å². The molecule has 0 spiro atoms. The lowest BCUT2D eigenvalue weighted by molar-refractivity contribution is 1.65. The molecule has 0 unspecified atom stereocenters. The first-order chi connectivity index (χ1) is 20.8. The van der Waals surface area contributed by atoms with Crippen LogP contribution in [0.25, 0.3) is 74.4 Å². The Balaban J connectivity index is 1.32. The van der Waals surface area contributed by atoms with E-state index in [0.717, 1.165) is 0 Å². The van der Waals surface area contributed by atoms with Gasteiger partial charge in [-0.3, -0.25) is 0 Å². The second-order valence-corrected chi connectivity index (χ2v) is 12.6. The summed E-state index contributed by atoms with van der Waals surface area (Å²) in [7, 11) is 0. The van der Waals surface area contributed by atoms with Gasteiger partial charge in [0.2, 0.25) is 0 Å². The van der Waals surface area contributed by atoms with Gasteiger partial charge in [-0.2, -0.15) is 0 Å². The number of fused-ring (bicyclic) bond motifs is 2. The Labute approximate surface area is 253 Å². The predicted octanol–water partition coefficient (Wildman–Crippen LogP) is 12.5. The monoisotopic (exact) mass is 570 g/mol. The summed E-state index contributed by atoms with van der Waals surface area (Å²) < 4.78 is 0. The average Bonchev–Trinajstić information content (AvgIpc) is 3.76. The molecule has 2 aromatic heterocycles. The maximum Gasteiger partial charge on any atom is 0.0449 e. The molecule has 6 aromatic carbocycles. The third-order valence-electron chi connectivity index (χ3n) is 7.95. The molecule has 0 saturated carbocycles. The molecular weight excluding hydrogens is 545 g/mol. The van der Waals surface area contributed by atoms with Gasteiger partial charge in [0.25, 0.3) is 0 Å². The van der Waals surface area contributed by atoms with Gasteiger partial charge in [-0.15, -0.1) is 22.7 Å². The van der Waals surface area contributed by atoms with Crippen molar-refractivity contribution in [2.45, 2.75) is 0 Å². The van der Waals surface area contributed by atoms with Crippen molar-refractivity contribution in [3.63, 3.8) is 0 Å². The van der Waals surface area contributed by atoms with Crippen LogP contribution in [0.1, 0.15) is 0 Å². The van der Waals surface area contributed by atoms with Crippen LogP contribution in [0, 0.1) is 0 Å². The second kappa shape index (κ2) is 10.6. The zero-order valence-corrected chi connectivity index (χ0v) is 24.5. The summed E-state index contributed by atoms with van der Waals surface area (Å²) >= 11 is 3.73. The Morgan fingerprint density at radius 1 is 0.262 bits per heavy atom. The molecule has 0 nitrogen and oxygen atoms in total. The first-order valence-electron chi connectivity index (χ1n) is 14.2. The molecule has 2 heterocycles. The van der Waals surface area contributed by atoms with Crippen LogP contribution in [0.2, 0.25) is 0 Å². The molecule has 0 saturated heterocycles. The molecule has 0 amide bonds. The number of benzene rings is 6. The van der Waals surface area contributed by atoms with Gasteiger partial charge in [-0.05, 0) is 85.3 Å². The first-order valence-corrected chi connectivity index (χ1v) is 15.8. The van der Waals surface area contributed by atoms with Gasteiger partial charge < -0.3 is 0 Å². The highest BCUT2D eigenvalue weighted by Gasteiger charge is 2.18. The average molecular weight is 571 g/mol. The fraction of sp³-hybridized carbons (Fsp3) is 0. The molecular formula is C40H26S2. The highest BCUT2D eigenvalue weighted by Crippen LogP contribution is 2.46. The smallest absolute Gasteiger partial charge is 0.0449 e. The van der Waals surface area contributed by atoms with Crippen molar-refractivity contribution >= 4 is 44.2 Å². The molecule has 0 aliphatic rings. The standard InChI is InChI=1S/C40H26S2/c1-4-12-27(13-5-1)35-22-24-37(41-35)38-25-23-36(42-38)30-20-21-33-34(26-30)40(29-16-8-3-9-17-29)32-19-11-10-18-31(32)39(33)28-14-6-2-7-15-28/h1-26H. The Hall–Kier alpha value is -4.76. The Morgan fingerprint density at radius 3 is 1.21 bits per heavy atom. The zero-order chi connectivity index (χ0) is 27.9. The van der Waals surface area contributed by atoms with Crippen LogP contribution >= 0.6 is 22.7 Å². The number of hydrogen-bond donors (Lipinski definition) is 0. The van der Waals surface area contributed by atoms with E-state index in [1.54, 1.807) is 0 Å². The molecule has 0 aliphatic carbocycles. The third-order valence-corrected chi connectivity index (χ3v) is 10.4. The molecule has 0 bridgehead atoms. The van der Waals surface area contributed by atoms with E-state index < -0.39 is 0 Å². The topological polar surface area (TPSA) is 0 Å². The highest BCUT2D eigenvalue weighted by molar-refractivity contribution is 7.25. The molecule has 42 heavy (non-hydrogen) atoms. The van der Waals surface area contributed by atoms with Crippen molar-refractivity contribution in [3.05, 3.63) is 158 Å². The lowest BCUT2D eigenvalue weighted by atomic mass is 9.85. The van der Waals surface area contributed by atoms with Crippen molar-refractivity contribution in [3.8, 4) is 52.9 Å². The first kappa shape index (κ1) is 25.0. The van der Waals surface area contributed by atoms with Crippen LogP contribution in [0.15, 0.2) is 158 Å². The summed E-state index contributed by atoms with van der Waals surface area (Å²) in [6.45, 7) is 0. The highest BCUT2D eigenvalue weighted by atomic mass is 32.1. The van der Waals surface area contributed by atoms with Crippen LogP contribution in [0.5, 0.6) is 0 Å². The van der Waals surface area contributed by atoms with E-state index in [0.29, 0.717) is 0 Å². The second-order valence-electron chi connectivity index (χ2n) is 10.5. The lowest BCUT2D eigenvalue weighted by Gasteiger charge is -2.18. The molecule has 0 N–H and O–H groups in total. The van der Waals surface area contributed by atoms with Crippen LogP contribution < -0.4 is 0 Å². The normalized spacial score (nSPS) is 11.3. The van der Waals surface area contributed by atoms with Gasteiger partial charge >= 0.3 is 0 Å². The minimum Gasteiger partial charge on any atom is -0.134 e. The van der Waals surface area contributed by atoms with Crippen LogP contribution in [0.4, 0.5) is 0 Å². The van der Waals surface area contributed by atoms with Gasteiger partial charge in [0, 0.05) is 19.5 Å². The maximum absolute atomic E-state index is 2.41. The van der Waals surface area contributed by atoms with E-state index in [-0.39, 0.29) is 0 Å². The number of thiophene rings is 2. The van der Waals surface area contributed by atoms with E-state index in [4.69, 9.17) is 0 Å². The van der Waals surface area contributed by atoms with Gasteiger partial charge in [0.15, 0.2) is 0 Å². The fourth-order valence-electron chi connectivity index (χ4n) is 6.02. The van der Waals surface area contributed by atoms with E-state index in [1.807, 2.05) is 22.7 Å². The summed E-state index contributed by atoms with van der Waals surface area (Å²) in [4.78, 5) is 5.21. The largest absolute Gasteiger partial charge is 0.134 e. The van der Waals surface area contributed by atoms with Gasteiger partial charge in [-0.1, -0.05) is 127 Å². The molecule has 198 valence electrons. The summed E-state index contributed by atoms with van der Waals surface area (Å²) in [5.74, 6) is 0. The quantitative estimate of drug-likeness (QED) is 0.181. The summed E-state index contributed by atoms with van der Waals surface area (Å²) in [5, 5.41) is 5.14. The van der Waals surface area contributed by atoms with E-state index in [1.165, 1.54) is 74.4 Å². The van der Waals surface area contributed by atoms with Gasteiger partial charge in [-0.25, -0.2) is 0 Å². The Kier molecular flexibility index (Phi) is 6.29. The van der Waals surface area contributed by atoms with E-state index in [9.17, 15) is 0 Å². The Bertz CT molecular complexity index is 2170. The van der Waals surface area contributed by atoms with Crippen molar-refractivity contribution in [2.24, 2.45) is 0 Å². The third kappa shape index (κ3) is 4.37. The lowest BCUT2D eigenvalue weighted by Crippen LogP contribution is -1.91. The molecule has 0 fully saturated rings. The van der Waals surface area contributed by atoms with Crippen LogP contribution in [0.3, 0.4) is 0 Å². The maximum atomic E-state index is 2.41. The zero-order valence-electron chi connectivity index (χ0n) is 22.8. The van der Waals surface area contributed by atoms with Crippen LogP contribution in [-0.2, 0) is 0 Å². The summed E-state index contributed by atoms with van der Waals surface area (Å²) in [5.41, 5.74) is 7.61. The SMILES string of the molecule is c1ccc(-c2ccc(-c3ccc(-c4ccc5c(-c6ccccc6)c6ccccc6c(-c6ccccc6)c5c4)s3)s2)cc1. The van der Waals surface area contributed by atoms with Crippen molar-refractivity contribution in [1.29, 1.82) is 0 Å². The summed E-state index contributed by atoms with van der Waals surface area (Å²) in [6, 6.07) is 57.3. The molecule has 2 heteroatoms. The molecule has 8 aromatic rings. The molecule has 0 aliphatic heterocycles. The Morgan fingerprint density at radius 2 is 0.667 bits per heavy atom. The molecule has 8 rings (SSSR count). The molecule has 0 atom stereocenters. The van der Waals surface area contributed by atoms with Crippen molar-refractivity contribution < 1.29 is 0 Å². The van der Waals surface area contributed by atoms with Gasteiger partial charge in [0.1, 0.15) is 0 Å². The fourth-order valence-corrected chi connectivity index (χ4v) is 8.12. The molecule has 0 radical (unpaired) electrons. The van der Waals surface area contributed by atoms with Gasteiger partial charge in [0.05, 0.1) is 0 Å². The van der Waals surface area contributed by atoms with Crippen molar-refractivity contribution in [2.75, 3.05) is 0 Å².